The van der Waals surface area contributed by atoms with Crippen molar-refractivity contribution in [3.63, 3.8) is 0 Å². The molecule has 2 aromatic heterocycles. The Morgan fingerprint density at radius 2 is 1.40 bits per heavy atom. The van der Waals surface area contributed by atoms with Crippen LogP contribution in [0.3, 0.4) is 0 Å². The van der Waals surface area contributed by atoms with Crippen molar-refractivity contribution in [1.29, 1.82) is 0 Å². The molecule has 0 saturated carbocycles. The average Bonchev–Trinajstić information content (AvgIpc) is 2.98. The van der Waals surface area contributed by atoms with E-state index in [0.29, 0.717) is 24.8 Å². The van der Waals surface area contributed by atoms with Crippen molar-refractivity contribution in [2.75, 3.05) is 0 Å². The lowest BCUT2D eigenvalue weighted by atomic mass is 9.96. The van der Waals surface area contributed by atoms with Crippen molar-refractivity contribution in [2.24, 2.45) is 5.92 Å². The van der Waals surface area contributed by atoms with Crippen LogP contribution in [0.4, 0.5) is 0 Å². The molecule has 3 aromatic carbocycles. The highest BCUT2D eigenvalue weighted by atomic mass is 16.5. The lowest BCUT2D eigenvalue weighted by Gasteiger charge is -2.21. The number of hydrogen-bond donors (Lipinski definition) is 0. The van der Waals surface area contributed by atoms with Crippen molar-refractivity contribution in [2.45, 2.75) is 46.3 Å². The molecule has 0 aliphatic heterocycles. The lowest BCUT2D eigenvalue weighted by molar-refractivity contribution is 0.298. The number of rotatable bonds is 11. The molecule has 0 unspecified atom stereocenters. The Kier molecular flexibility index (Phi) is 8.87. The second-order valence-electron chi connectivity index (χ2n) is 10.6. The minimum Gasteiger partial charge on any atom is -0.483 e. The molecule has 5 aromatic rings. The summed E-state index contributed by atoms with van der Waals surface area (Å²) < 4.78 is 8.11. The van der Waals surface area contributed by atoms with Gasteiger partial charge in [0.25, 0.3) is 5.56 Å². The highest BCUT2D eigenvalue weighted by Crippen LogP contribution is 2.29. The molecule has 0 fully saturated rings. The Morgan fingerprint density at radius 3 is 2.05 bits per heavy atom. The number of aromatic nitrogens is 2. The van der Waals surface area contributed by atoms with Crippen LogP contribution in [-0.2, 0) is 32.4 Å². The van der Waals surface area contributed by atoms with E-state index in [1.54, 1.807) is 0 Å². The molecule has 0 radical (unpaired) electrons. The van der Waals surface area contributed by atoms with Crippen LogP contribution in [0.25, 0.3) is 11.3 Å². The summed E-state index contributed by atoms with van der Waals surface area (Å²) in [6.07, 6.45) is 4.18. The molecule has 4 nitrogen and oxygen atoms in total. The standard InChI is InChI=1S/C36H36N2O2/c1-27(2)22-32-25-34(40-26-30-16-10-5-11-17-30)36(39)38(21-19-28-12-6-3-7-13-28)35(32)31-18-20-37-33(24-31)23-29-14-8-4-9-15-29/h3-18,20,24-25,27H,19,21-23,26H2,1-2H3. The van der Waals surface area contributed by atoms with Crippen LogP contribution < -0.4 is 10.3 Å². The lowest BCUT2D eigenvalue weighted by Crippen LogP contribution is -2.26. The van der Waals surface area contributed by atoms with Gasteiger partial charge in [0, 0.05) is 30.4 Å². The van der Waals surface area contributed by atoms with E-state index < -0.39 is 0 Å². The number of pyridine rings is 2. The first kappa shape index (κ1) is 27.1. The summed E-state index contributed by atoms with van der Waals surface area (Å²) in [6, 6.07) is 36.8. The molecule has 0 atom stereocenters. The topological polar surface area (TPSA) is 44.1 Å². The minimum absolute atomic E-state index is 0.101. The molecule has 0 aliphatic carbocycles. The zero-order valence-corrected chi connectivity index (χ0v) is 23.3. The quantitative estimate of drug-likeness (QED) is 0.178. The molecule has 0 bridgehead atoms. The summed E-state index contributed by atoms with van der Waals surface area (Å²) in [6.45, 7) is 5.33. The van der Waals surface area contributed by atoms with Crippen molar-refractivity contribution in [3.05, 3.63) is 154 Å². The normalized spacial score (nSPS) is 11.1. The van der Waals surface area contributed by atoms with E-state index in [-0.39, 0.29) is 5.56 Å². The summed E-state index contributed by atoms with van der Waals surface area (Å²) in [7, 11) is 0. The first-order valence-corrected chi connectivity index (χ1v) is 14.0. The third-order valence-electron chi connectivity index (χ3n) is 6.99. The zero-order valence-electron chi connectivity index (χ0n) is 23.3. The van der Waals surface area contributed by atoms with E-state index in [1.807, 2.05) is 77.5 Å². The molecule has 0 amide bonds. The first-order valence-electron chi connectivity index (χ1n) is 14.0. The number of ether oxygens (including phenoxy) is 1. The molecule has 0 saturated heterocycles. The van der Waals surface area contributed by atoms with E-state index in [9.17, 15) is 4.79 Å². The maximum Gasteiger partial charge on any atom is 0.293 e. The van der Waals surface area contributed by atoms with Crippen LogP contribution in [0.15, 0.2) is 120 Å². The Balaban J connectivity index is 1.59. The summed E-state index contributed by atoms with van der Waals surface area (Å²) >= 11 is 0. The zero-order chi connectivity index (χ0) is 27.7. The maximum absolute atomic E-state index is 14.0. The van der Waals surface area contributed by atoms with Gasteiger partial charge in [0.1, 0.15) is 6.61 Å². The summed E-state index contributed by atoms with van der Waals surface area (Å²) in [5, 5.41) is 0. The van der Waals surface area contributed by atoms with E-state index >= 15 is 0 Å². The van der Waals surface area contributed by atoms with Crippen LogP contribution in [-0.4, -0.2) is 9.55 Å². The Bertz CT molecular complexity index is 1580. The summed E-state index contributed by atoms with van der Waals surface area (Å²) in [5.41, 5.74) is 7.40. The molecule has 40 heavy (non-hydrogen) atoms. The average molecular weight is 529 g/mol. The fourth-order valence-electron chi connectivity index (χ4n) is 5.10. The highest BCUT2D eigenvalue weighted by Gasteiger charge is 2.19. The molecule has 0 N–H and O–H groups in total. The van der Waals surface area contributed by atoms with Gasteiger partial charge in [0.15, 0.2) is 5.75 Å². The van der Waals surface area contributed by atoms with E-state index in [0.717, 1.165) is 47.3 Å². The molecular formula is C36H36N2O2. The SMILES string of the molecule is CC(C)Cc1cc(OCc2ccccc2)c(=O)n(CCc2ccccc2)c1-c1ccnc(Cc2ccccc2)c1. The molecule has 5 rings (SSSR count). The molecule has 0 spiro atoms. The van der Waals surface area contributed by atoms with Gasteiger partial charge in [0.05, 0.1) is 5.69 Å². The van der Waals surface area contributed by atoms with Gasteiger partial charge in [-0.25, -0.2) is 0 Å². The number of hydrogen-bond acceptors (Lipinski definition) is 3. The minimum atomic E-state index is -0.101. The van der Waals surface area contributed by atoms with Crippen LogP contribution in [0, 0.1) is 5.92 Å². The fraction of sp³-hybridized carbons (Fsp3) is 0.222. The summed E-state index contributed by atoms with van der Waals surface area (Å²) in [5.74, 6) is 0.807. The monoisotopic (exact) mass is 528 g/mol. The molecule has 4 heteroatoms. The van der Waals surface area contributed by atoms with Gasteiger partial charge in [-0.3, -0.25) is 9.78 Å². The fourth-order valence-corrected chi connectivity index (χ4v) is 5.10. The largest absolute Gasteiger partial charge is 0.483 e. The van der Waals surface area contributed by atoms with Crippen LogP contribution in [0.2, 0.25) is 0 Å². The number of aryl methyl sites for hydroxylation is 1. The van der Waals surface area contributed by atoms with Gasteiger partial charge in [-0.2, -0.15) is 0 Å². The molecular weight excluding hydrogens is 492 g/mol. The van der Waals surface area contributed by atoms with Crippen LogP contribution in [0.5, 0.6) is 5.75 Å². The Morgan fingerprint density at radius 1 is 0.775 bits per heavy atom. The van der Waals surface area contributed by atoms with Crippen molar-refractivity contribution in [3.8, 4) is 17.0 Å². The predicted molar refractivity (Wildman–Crippen MR) is 163 cm³/mol. The predicted octanol–water partition coefficient (Wildman–Crippen LogP) is 7.52. The van der Waals surface area contributed by atoms with Gasteiger partial charge in [-0.05, 0) is 59.2 Å². The Hall–Kier alpha value is -4.44. The van der Waals surface area contributed by atoms with E-state index in [4.69, 9.17) is 4.74 Å². The highest BCUT2D eigenvalue weighted by molar-refractivity contribution is 5.65. The molecule has 0 aliphatic rings. The van der Waals surface area contributed by atoms with Gasteiger partial charge in [-0.1, -0.05) is 105 Å². The molecule has 2 heterocycles. The second-order valence-corrected chi connectivity index (χ2v) is 10.6. The Labute approximate surface area is 237 Å². The van der Waals surface area contributed by atoms with E-state index in [1.165, 1.54) is 11.1 Å². The van der Waals surface area contributed by atoms with Crippen molar-refractivity contribution < 1.29 is 4.74 Å². The number of nitrogens with zero attached hydrogens (tertiary/aromatic N) is 2. The van der Waals surface area contributed by atoms with Crippen molar-refractivity contribution >= 4 is 0 Å². The molecule has 202 valence electrons. The third-order valence-corrected chi connectivity index (χ3v) is 6.99. The second kappa shape index (κ2) is 13.1. The van der Waals surface area contributed by atoms with Gasteiger partial charge in [0.2, 0.25) is 0 Å². The maximum atomic E-state index is 14.0. The smallest absolute Gasteiger partial charge is 0.293 e. The number of benzene rings is 3. The van der Waals surface area contributed by atoms with Gasteiger partial charge in [-0.15, -0.1) is 0 Å². The van der Waals surface area contributed by atoms with E-state index in [2.05, 4.69) is 61.3 Å². The van der Waals surface area contributed by atoms with Crippen LogP contribution >= 0.6 is 0 Å². The van der Waals surface area contributed by atoms with Crippen molar-refractivity contribution in [1.82, 2.24) is 9.55 Å². The third kappa shape index (κ3) is 6.95. The van der Waals surface area contributed by atoms with Gasteiger partial charge >= 0.3 is 0 Å². The first-order chi connectivity index (χ1) is 19.6. The summed E-state index contributed by atoms with van der Waals surface area (Å²) in [4.78, 5) is 18.7. The van der Waals surface area contributed by atoms with Crippen LogP contribution in [0.1, 0.15) is 41.8 Å². The van der Waals surface area contributed by atoms with Gasteiger partial charge < -0.3 is 9.30 Å².